The van der Waals surface area contributed by atoms with Crippen LogP contribution in [0.2, 0.25) is 0 Å². The number of pyridine rings is 1. The highest BCUT2D eigenvalue weighted by Crippen LogP contribution is 2.31. The lowest BCUT2D eigenvalue weighted by Gasteiger charge is -2.03. The van der Waals surface area contributed by atoms with Crippen molar-refractivity contribution in [3.05, 3.63) is 58.8 Å². The molecule has 118 valence electrons. The summed E-state index contributed by atoms with van der Waals surface area (Å²) < 4.78 is 29.6. The summed E-state index contributed by atoms with van der Waals surface area (Å²) in [5.74, 6) is -0.204. The molecule has 0 aliphatic heterocycles. The predicted molar refractivity (Wildman–Crippen MR) is 81.5 cm³/mol. The first-order valence-corrected chi connectivity index (χ1v) is 8.35. The van der Waals surface area contributed by atoms with E-state index in [1.165, 1.54) is 34.9 Å². The molecule has 0 saturated heterocycles. The quantitative estimate of drug-likeness (QED) is 0.536. The lowest BCUT2D eigenvalue weighted by molar-refractivity contribution is -0.391. The molecule has 0 unspecified atom stereocenters. The van der Waals surface area contributed by atoms with Gasteiger partial charge in [0.05, 0.1) is 11.1 Å². The molecule has 0 N–H and O–H groups in total. The van der Waals surface area contributed by atoms with E-state index in [2.05, 4.69) is 4.98 Å². The normalized spacial score (nSPS) is 11.5. The molecular formula is C14H11N3O5S. The van der Waals surface area contributed by atoms with Gasteiger partial charge in [0.15, 0.2) is 9.84 Å². The van der Waals surface area contributed by atoms with Crippen molar-refractivity contribution in [3.63, 3.8) is 0 Å². The Morgan fingerprint density at radius 1 is 1.17 bits per heavy atom. The highest BCUT2D eigenvalue weighted by molar-refractivity contribution is 7.90. The van der Waals surface area contributed by atoms with Gasteiger partial charge in [0.25, 0.3) is 0 Å². The fraction of sp³-hybridized carbons (Fsp3) is 0.0714. The maximum Gasteiger partial charge on any atom is 0.392 e. The van der Waals surface area contributed by atoms with Gasteiger partial charge in [-0.05, 0) is 35.3 Å². The molecule has 0 bridgehead atoms. The monoisotopic (exact) mass is 333 g/mol. The second kappa shape index (κ2) is 5.36. The van der Waals surface area contributed by atoms with Crippen molar-refractivity contribution < 1.29 is 18.1 Å². The van der Waals surface area contributed by atoms with Gasteiger partial charge in [0.2, 0.25) is 5.65 Å². The number of nitrogens with zero attached hydrogens (tertiary/aromatic N) is 3. The Kier molecular flexibility index (Phi) is 3.49. The Morgan fingerprint density at radius 2 is 1.87 bits per heavy atom. The molecule has 0 aliphatic rings. The Labute approximate surface area is 131 Å². The molecule has 0 atom stereocenters. The van der Waals surface area contributed by atoms with Crippen LogP contribution in [0.4, 0.5) is 5.82 Å². The van der Waals surface area contributed by atoms with E-state index in [9.17, 15) is 18.5 Å². The summed E-state index contributed by atoms with van der Waals surface area (Å²) in [5.41, 5.74) is 0.377. The average Bonchev–Trinajstić information content (AvgIpc) is 2.84. The highest BCUT2D eigenvalue weighted by atomic mass is 32.2. The number of hydrogen-bond donors (Lipinski definition) is 0. The smallest absolute Gasteiger partial charge is 0.392 e. The van der Waals surface area contributed by atoms with E-state index >= 15 is 0 Å². The van der Waals surface area contributed by atoms with E-state index < -0.39 is 14.8 Å². The van der Waals surface area contributed by atoms with Crippen LogP contribution in [0.15, 0.2) is 53.6 Å². The molecule has 8 nitrogen and oxygen atoms in total. The number of imidazole rings is 1. The second-order valence-electron chi connectivity index (χ2n) is 4.77. The lowest BCUT2D eigenvalue weighted by atomic mass is 10.3. The van der Waals surface area contributed by atoms with Crippen LogP contribution in [0.5, 0.6) is 11.6 Å². The predicted octanol–water partition coefficient (Wildman–Crippen LogP) is 2.44. The van der Waals surface area contributed by atoms with E-state index in [1.54, 1.807) is 18.2 Å². The van der Waals surface area contributed by atoms with E-state index in [-0.39, 0.29) is 22.3 Å². The third-order valence-electron chi connectivity index (χ3n) is 3.11. The first-order valence-electron chi connectivity index (χ1n) is 6.46. The third-order valence-corrected chi connectivity index (χ3v) is 4.24. The molecule has 0 saturated carbocycles. The van der Waals surface area contributed by atoms with Gasteiger partial charge in [0.1, 0.15) is 5.75 Å². The largest absolute Gasteiger partial charge is 0.433 e. The number of nitro groups is 1. The lowest BCUT2D eigenvalue weighted by Crippen LogP contribution is -1.97. The molecule has 0 radical (unpaired) electrons. The zero-order chi connectivity index (χ0) is 16.6. The van der Waals surface area contributed by atoms with Crippen LogP contribution in [-0.2, 0) is 9.84 Å². The van der Waals surface area contributed by atoms with E-state index in [1.807, 2.05) is 0 Å². The summed E-state index contributed by atoms with van der Waals surface area (Å²) >= 11 is 0. The fourth-order valence-electron chi connectivity index (χ4n) is 2.06. The Bertz CT molecular complexity index is 993. The van der Waals surface area contributed by atoms with Crippen LogP contribution in [0.25, 0.3) is 5.65 Å². The van der Waals surface area contributed by atoms with Gasteiger partial charge in [-0.3, -0.25) is 0 Å². The maximum absolute atomic E-state index is 11.4. The molecule has 3 aromatic rings. The van der Waals surface area contributed by atoms with Crippen LogP contribution < -0.4 is 4.74 Å². The molecule has 0 spiro atoms. The van der Waals surface area contributed by atoms with Crippen molar-refractivity contribution in [2.45, 2.75) is 4.90 Å². The molecule has 23 heavy (non-hydrogen) atoms. The maximum atomic E-state index is 11.4. The molecule has 9 heteroatoms. The molecule has 0 fully saturated rings. The number of hydrogen-bond acceptors (Lipinski definition) is 6. The topological polar surface area (TPSA) is 104 Å². The summed E-state index contributed by atoms with van der Waals surface area (Å²) in [4.78, 5) is 14.9. The number of aromatic nitrogens is 2. The number of benzene rings is 1. The minimum absolute atomic E-state index is 0.134. The standard InChI is InChI=1S/C14H11N3O5S/c1-23(20,21)11-7-5-10(6-8-11)22-13-14(17(18)19)16-9-3-2-4-12(16)15-13/h2-9H,1H3. The van der Waals surface area contributed by atoms with Crippen LogP contribution in [0.3, 0.4) is 0 Å². The van der Waals surface area contributed by atoms with Crippen LogP contribution in [-0.4, -0.2) is 29.0 Å². The summed E-state index contributed by atoms with van der Waals surface area (Å²) in [7, 11) is -3.32. The van der Waals surface area contributed by atoms with Gasteiger partial charge in [-0.15, -0.1) is 0 Å². The third kappa shape index (κ3) is 2.86. The first-order chi connectivity index (χ1) is 10.9. The van der Waals surface area contributed by atoms with Gasteiger partial charge in [-0.25, -0.2) is 8.42 Å². The number of sulfone groups is 1. The minimum atomic E-state index is -3.32. The van der Waals surface area contributed by atoms with Crippen LogP contribution in [0.1, 0.15) is 0 Å². The molecular weight excluding hydrogens is 322 g/mol. The van der Waals surface area contributed by atoms with Crippen molar-refractivity contribution in [1.82, 2.24) is 9.38 Å². The Balaban J connectivity index is 2.01. The van der Waals surface area contributed by atoms with Gasteiger partial charge in [-0.1, -0.05) is 6.07 Å². The molecule has 1 aromatic carbocycles. The average molecular weight is 333 g/mol. The summed E-state index contributed by atoms with van der Waals surface area (Å²) in [5, 5.41) is 11.3. The zero-order valence-electron chi connectivity index (χ0n) is 11.9. The number of rotatable bonds is 4. The number of fused-ring (bicyclic) bond motifs is 1. The minimum Gasteiger partial charge on any atom is -0.433 e. The van der Waals surface area contributed by atoms with Crippen molar-refractivity contribution >= 4 is 21.3 Å². The summed E-state index contributed by atoms with van der Waals surface area (Å²) in [6, 6.07) is 10.5. The molecule has 0 amide bonds. The summed E-state index contributed by atoms with van der Waals surface area (Å²) in [6.45, 7) is 0. The second-order valence-corrected chi connectivity index (χ2v) is 6.79. The van der Waals surface area contributed by atoms with Gasteiger partial charge < -0.3 is 14.9 Å². The van der Waals surface area contributed by atoms with Crippen molar-refractivity contribution in [2.24, 2.45) is 0 Å². The van der Waals surface area contributed by atoms with Crippen LogP contribution in [0, 0.1) is 10.1 Å². The van der Waals surface area contributed by atoms with Crippen molar-refractivity contribution in [1.29, 1.82) is 0 Å². The molecule has 2 heterocycles. The Hall–Kier alpha value is -2.94. The Morgan fingerprint density at radius 3 is 2.48 bits per heavy atom. The van der Waals surface area contributed by atoms with Crippen LogP contribution >= 0.6 is 0 Å². The van der Waals surface area contributed by atoms with Gasteiger partial charge in [0, 0.05) is 12.3 Å². The zero-order valence-corrected chi connectivity index (χ0v) is 12.7. The van der Waals surface area contributed by atoms with E-state index in [0.29, 0.717) is 5.65 Å². The van der Waals surface area contributed by atoms with E-state index in [0.717, 1.165) is 6.26 Å². The first kappa shape index (κ1) is 15.0. The van der Waals surface area contributed by atoms with E-state index in [4.69, 9.17) is 4.74 Å². The number of ether oxygens (including phenoxy) is 1. The molecule has 2 aromatic heterocycles. The SMILES string of the molecule is CS(=O)(=O)c1ccc(Oc2nc3ccccn3c2[N+](=O)[O-])cc1. The highest BCUT2D eigenvalue weighted by Gasteiger charge is 2.24. The van der Waals surface area contributed by atoms with Gasteiger partial charge in [-0.2, -0.15) is 9.38 Å². The van der Waals surface area contributed by atoms with Gasteiger partial charge >= 0.3 is 11.7 Å². The molecule has 3 rings (SSSR count). The summed E-state index contributed by atoms with van der Waals surface area (Å²) in [6.07, 6.45) is 2.61. The van der Waals surface area contributed by atoms with Crippen molar-refractivity contribution in [3.8, 4) is 11.6 Å². The molecule has 0 aliphatic carbocycles. The van der Waals surface area contributed by atoms with Crippen molar-refractivity contribution in [2.75, 3.05) is 6.26 Å². The fourth-order valence-corrected chi connectivity index (χ4v) is 2.69.